The molecule has 0 radical (unpaired) electrons. The molecule has 2 saturated heterocycles. The van der Waals surface area contributed by atoms with Crippen LogP contribution in [0.1, 0.15) is 29.8 Å². The zero-order chi connectivity index (χ0) is 15.4. The molecule has 0 aromatic carbocycles. The largest absolute Gasteiger partial charge is 0.381 e. The number of amides is 1. The standard InChI is InChI=1S/C15H22N4O3/c20-14-9-16-13(8-17-14)15(21)18-7-11-1-4-19(10-11)12-2-5-22-6-3-12/h8-9,11-12H,1-7,10H2,(H,17,20)(H,18,21)/t11-/m1/s1. The third kappa shape index (κ3) is 3.72. The van der Waals surface area contributed by atoms with Crippen LogP contribution in [-0.4, -0.2) is 59.7 Å². The first-order valence-electron chi connectivity index (χ1n) is 7.87. The summed E-state index contributed by atoms with van der Waals surface area (Å²) in [6.45, 7) is 4.51. The number of nitrogens with zero attached hydrogens (tertiary/aromatic N) is 2. The first kappa shape index (κ1) is 15.2. The molecule has 0 aliphatic carbocycles. The summed E-state index contributed by atoms with van der Waals surface area (Å²) < 4.78 is 5.41. The Morgan fingerprint density at radius 3 is 2.95 bits per heavy atom. The molecular formula is C15H22N4O3. The number of ether oxygens (including phenoxy) is 1. The minimum absolute atomic E-state index is 0.235. The predicted molar refractivity (Wildman–Crippen MR) is 80.7 cm³/mol. The molecule has 1 atom stereocenters. The van der Waals surface area contributed by atoms with Gasteiger partial charge in [-0.3, -0.25) is 14.5 Å². The predicted octanol–water partition coefficient (Wildman–Crippen LogP) is 0.000600. The minimum Gasteiger partial charge on any atom is -0.381 e. The highest BCUT2D eigenvalue weighted by molar-refractivity contribution is 5.91. The van der Waals surface area contributed by atoms with Gasteiger partial charge in [0.2, 0.25) is 0 Å². The summed E-state index contributed by atoms with van der Waals surface area (Å²) in [6.07, 6.45) is 5.80. The fourth-order valence-corrected chi connectivity index (χ4v) is 3.21. The van der Waals surface area contributed by atoms with E-state index in [1.165, 1.54) is 6.20 Å². The van der Waals surface area contributed by atoms with Crippen molar-refractivity contribution in [3.63, 3.8) is 0 Å². The van der Waals surface area contributed by atoms with E-state index in [1.807, 2.05) is 0 Å². The van der Waals surface area contributed by atoms with Gasteiger partial charge in [-0.2, -0.15) is 0 Å². The van der Waals surface area contributed by atoms with Crippen molar-refractivity contribution in [2.24, 2.45) is 5.92 Å². The number of hydrogen-bond acceptors (Lipinski definition) is 5. The number of H-pyrrole nitrogens is 1. The SMILES string of the molecule is O=C(NC[C@H]1CCN(C2CCOCC2)C1)c1c[nH]c(=O)cn1. The van der Waals surface area contributed by atoms with E-state index in [1.54, 1.807) is 0 Å². The van der Waals surface area contributed by atoms with Crippen molar-refractivity contribution in [3.05, 3.63) is 28.4 Å². The number of likely N-dealkylation sites (tertiary alicyclic amines) is 1. The Bertz CT molecular complexity index is 548. The summed E-state index contributed by atoms with van der Waals surface area (Å²) in [5.41, 5.74) is -0.0571. The first-order chi connectivity index (χ1) is 10.7. The molecule has 3 rings (SSSR count). The molecule has 2 N–H and O–H groups in total. The summed E-state index contributed by atoms with van der Waals surface area (Å²) in [4.78, 5) is 31.7. The second-order valence-electron chi connectivity index (χ2n) is 6.00. The maximum absolute atomic E-state index is 12.0. The second-order valence-corrected chi connectivity index (χ2v) is 6.00. The van der Waals surface area contributed by atoms with Crippen molar-refractivity contribution in [2.45, 2.75) is 25.3 Å². The van der Waals surface area contributed by atoms with Crippen LogP contribution >= 0.6 is 0 Å². The number of rotatable bonds is 4. The third-order valence-corrected chi connectivity index (χ3v) is 4.48. The van der Waals surface area contributed by atoms with Crippen LogP contribution in [0.25, 0.3) is 0 Å². The fraction of sp³-hybridized carbons (Fsp3) is 0.667. The van der Waals surface area contributed by atoms with E-state index in [2.05, 4.69) is 20.2 Å². The van der Waals surface area contributed by atoms with Gasteiger partial charge in [0.05, 0.1) is 6.20 Å². The Morgan fingerprint density at radius 1 is 1.41 bits per heavy atom. The number of aromatic nitrogens is 2. The molecule has 2 aliphatic heterocycles. The van der Waals surface area contributed by atoms with Crippen LogP contribution in [-0.2, 0) is 4.74 Å². The summed E-state index contributed by atoms with van der Waals surface area (Å²) in [6, 6.07) is 0.635. The molecule has 0 saturated carbocycles. The molecule has 7 heteroatoms. The Labute approximate surface area is 129 Å². The van der Waals surface area contributed by atoms with Gasteiger partial charge >= 0.3 is 0 Å². The molecule has 1 aromatic rings. The molecule has 0 spiro atoms. The van der Waals surface area contributed by atoms with Crippen molar-refractivity contribution in [1.29, 1.82) is 0 Å². The monoisotopic (exact) mass is 306 g/mol. The lowest BCUT2D eigenvalue weighted by molar-refractivity contribution is 0.0411. The molecule has 22 heavy (non-hydrogen) atoms. The smallest absolute Gasteiger partial charge is 0.271 e. The summed E-state index contributed by atoms with van der Waals surface area (Å²) in [5, 5.41) is 2.91. The van der Waals surface area contributed by atoms with Crippen LogP contribution in [0.15, 0.2) is 17.2 Å². The number of aromatic amines is 1. The Kier molecular flexibility index (Phi) is 4.84. The van der Waals surface area contributed by atoms with Crippen LogP contribution in [0.4, 0.5) is 0 Å². The molecule has 2 fully saturated rings. The van der Waals surface area contributed by atoms with Gasteiger partial charge in [-0.05, 0) is 31.7 Å². The number of carbonyl (C=O) groups excluding carboxylic acids is 1. The van der Waals surface area contributed by atoms with E-state index in [-0.39, 0.29) is 17.2 Å². The topological polar surface area (TPSA) is 87.3 Å². The Balaban J connectivity index is 1.45. The van der Waals surface area contributed by atoms with E-state index < -0.39 is 0 Å². The summed E-state index contributed by atoms with van der Waals surface area (Å²) in [5.74, 6) is 0.246. The van der Waals surface area contributed by atoms with Crippen LogP contribution in [0, 0.1) is 5.92 Å². The van der Waals surface area contributed by atoms with E-state index in [0.29, 0.717) is 18.5 Å². The van der Waals surface area contributed by atoms with Crippen molar-refractivity contribution in [2.75, 3.05) is 32.8 Å². The highest BCUT2D eigenvalue weighted by atomic mass is 16.5. The van der Waals surface area contributed by atoms with Crippen molar-refractivity contribution >= 4 is 5.91 Å². The molecule has 0 unspecified atom stereocenters. The number of carbonyl (C=O) groups is 1. The maximum atomic E-state index is 12.0. The van der Waals surface area contributed by atoms with Gasteiger partial charge in [-0.25, -0.2) is 4.98 Å². The quantitative estimate of drug-likeness (QED) is 0.817. The van der Waals surface area contributed by atoms with Gasteiger partial charge in [-0.15, -0.1) is 0 Å². The second kappa shape index (κ2) is 7.02. The van der Waals surface area contributed by atoms with Crippen LogP contribution in [0.5, 0.6) is 0 Å². The Morgan fingerprint density at radius 2 is 2.23 bits per heavy atom. The molecule has 2 aliphatic rings. The van der Waals surface area contributed by atoms with Crippen molar-refractivity contribution in [1.82, 2.24) is 20.2 Å². The normalized spacial score (nSPS) is 23.5. The summed E-state index contributed by atoms with van der Waals surface area (Å²) >= 11 is 0. The van der Waals surface area contributed by atoms with Gasteiger partial charge in [-0.1, -0.05) is 0 Å². The minimum atomic E-state index is -0.306. The summed E-state index contributed by atoms with van der Waals surface area (Å²) in [7, 11) is 0. The van der Waals surface area contributed by atoms with Crippen LogP contribution in [0.3, 0.4) is 0 Å². The average Bonchev–Trinajstić information content (AvgIpc) is 3.03. The third-order valence-electron chi connectivity index (χ3n) is 4.48. The lowest BCUT2D eigenvalue weighted by Crippen LogP contribution is -2.39. The molecule has 3 heterocycles. The van der Waals surface area contributed by atoms with Gasteiger partial charge < -0.3 is 15.0 Å². The zero-order valence-electron chi connectivity index (χ0n) is 12.6. The van der Waals surface area contributed by atoms with E-state index in [9.17, 15) is 9.59 Å². The van der Waals surface area contributed by atoms with E-state index >= 15 is 0 Å². The number of nitrogens with one attached hydrogen (secondary N) is 2. The number of hydrogen-bond donors (Lipinski definition) is 2. The highest BCUT2D eigenvalue weighted by Crippen LogP contribution is 2.23. The molecule has 1 aromatic heterocycles. The molecule has 120 valence electrons. The molecule has 7 nitrogen and oxygen atoms in total. The zero-order valence-corrected chi connectivity index (χ0v) is 12.6. The van der Waals surface area contributed by atoms with Gasteiger partial charge in [0.25, 0.3) is 11.5 Å². The highest BCUT2D eigenvalue weighted by Gasteiger charge is 2.29. The lowest BCUT2D eigenvalue weighted by Gasteiger charge is -2.31. The van der Waals surface area contributed by atoms with Crippen LogP contribution < -0.4 is 10.9 Å². The van der Waals surface area contributed by atoms with Crippen molar-refractivity contribution in [3.8, 4) is 0 Å². The lowest BCUT2D eigenvalue weighted by atomic mass is 10.1. The average molecular weight is 306 g/mol. The molecule has 1 amide bonds. The van der Waals surface area contributed by atoms with Gasteiger partial charge in [0.1, 0.15) is 5.69 Å². The van der Waals surface area contributed by atoms with Crippen LogP contribution in [0.2, 0.25) is 0 Å². The van der Waals surface area contributed by atoms with Gasteiger partial charge in [0, 0.05) is 38.5 Å². The fourth-order valence-electron chi connectivity index (χ4n) is 3.21. The van der Waals surface area contributed by atoms with E-state index in [4.69, 9.17) is 4.74 Å². The van der Waals surface area contributed by atoms with Crippen molar-refractivity contribution < 1.29 is 9.53 Å². The Hall–Kier alpha value is -1.73. The first-order valence-corrected chi connectivity index (χ1v) is 7.87. The van der Waals surface area contributed by atoms with Gasteiger partial charge in [0.15, 0.2) is 0 Å². The van der Waals surface area contributed by atoms with E-state index in [0.717, 1.165) is 51.8 Å². The molecule has 0 bridgehead atoms. The molecular weight excluding hydrogens is 284 g/mol. The maximum Gasteiger partial charge on any atom is 0.271 e.